The largest absolute Gasteiger partial charge is 0.364 e. The number of carbonyl (C=O) groups is 1. The molecule has 0 saturated carbocycles. The summed E-state index contributed by atoms with van der Waals surface area (Å²) in [6.45, 7) is 0.615. The van der Waals surface area contributed by atoms with Crippen molar-refractivity contribution < 1.29 is 4.79 Å². The first-order valence-electron chi connectivity index (χ1n) is 6.68. The maximum Gasteiger partial charge on any atom is 0.265 e. The van der Waals surface area contributed by atoms with Gasteiger partial charge in [0.1, 0.15) is 5.69 Å². The molecule has 0 radical (unpaired) electrons. The number of rotatable bonds is 4. The SMILES string of the molecule is NC(=O)c1cc(-c2ccncc2)cn1Cc1ccccc1. The normalized spacial score (nSPS) is 10.5. The summed E-state index contributed by atoms with van der Waals surface area (Å²) in [4.78, 5) is 15.7. The second kappa shape index (κ2) is 5.63. The Hall–Kier alpha value is -2.88. The van der Waals surface area contributed by atoms with Crippen LogP contribution in [0.1, 0.15) is 16.1 Å². The first kappa shape index (κ1) is 13.1. The van der Waals surface area contributed by atoms with Crippen molar-refractivity contribution in [1.29, 1.82) is 0 Å². The first-order chi connectivity index (χ1) is 10.2. The Morgan fingerprint density at radius 3 is 2.43 bits per heavy atom. The lowest BCUT2D eigenvalue weighted by Gasteiger charge is -2.06. The molecule has 0 aliphatic carbocycles. The minimum Gasteiger partial charge on any atom is -0.364 e. The summed E-state index contributed by atoms with van der Waals surface area (Å²) < 4.78 is 1.88. The van der Waals surface area contributed by atoms with E-state index in [4.69, 9.17) is 5.73 Å². The Labute approximate surface area is 122 Å². The highest BCUT2D eigenvalue weighted by Gasteiger charge is 2.12. The number of primary amides is 1. The van der Waals surface area contributed by atoms with Crippen LogP contribution in [0.15, 0.2) is 67.1 Å². The topological polar surface area (TPSA) is 60.9 Å². The Morgan fingerprint density at radius 1 is 1.05 bits per heavy atom. The highest BCUT2D eigenvalue weighted by Crippen LogP contribution is 2.22. The molecule has 0 saturated heterocycles. The van der Waals surface area contributed by atoms with E-state index < -0.39 is 5.91 Å². The molecule has 21 heavy (non-hydrogen) atoms. The maximum absolute atomic E-state index is 11.6. The minimum atomic E-state index is -0.425. The van der Waals surface area contributed by atoms with Crippen molar-refractivity contribution in [3.05, 3.63) is 78.4 Å². The molecule has 0 spiro atoms. The van der Waals surface area contributed by atoms with Crippen molar-refractivity contribution in [3.63, 3.8) is 0 Å². The van der Waals surface area contributed by atoms with Crippen LogP contribution in [0.2, 0.25) is 0 Å². The second-order valence-corrected chi connectivity index (χ2v) is 4.83. The summed E-state index contributed by atoms with van der Waals surface area (Å²) in [7, 11) is 0. The van der Waals surface area contributed by atoms with Gasteiger partial charge in [-0.15, -0.1) is 0 Å². The Kier molecular flexibility index (Phi) is 3.51. The van der Waals surface area contributed by atoms with Gasteiger partial charge in [-0.05, 0) is 29.3 Å². The number of carbonyl (C=O) groups excluding carboxylic acids is 1. The summed E-state index contributed by atoms with van der Waals surface area (Å²) in [5.74, 6) is -0.425. The lowest BCUT2D eigenvalue weighted by molar-refractivity contribution is 0.0992. The predicted molar refractivity (Wildman–Crippen MR) is 81.7 cm³/mol. The molecule has 0 aliphatic heterocycles. The van der Waals surface area contributed by atoms with Gasteiger partial charge in [-0.25, -0.2) is 0 Å². The average Bonchev–Trinajstić information content (AvgIpc) is 2.93. The Bertz CT molecular complexity index is 748. The lowest BCUT2D eigenvalue weighted by atomic mass is 10.1. The molecule has 3 rings (SSSR count). The van der Waals surface area contributed by atoms with Crippen LogP contribution in [0.25, 0.3) is 11.1 Å². The van der Waals surface area contributed by atoms with Crippen molar-refractivity contribution in [2.45, 2.75) is 6.54 Å². The smallest absolute Gasteiger partial charge is 0.265 e. The van der Waals surface area contributed by atoms with Gasteiger partial charge in [-0.1, -0.05) is 30.3 Å². The third-order valence-corrected chi connectivity index (χ3v) is 3.36. The molecule has 3 aromatic rings. The van der Waals surface area contributed by atoms with Crippen LogP contribution in [-0.2, 0) is 6.54 Å². The summed E-state index contributed by atoms with van der Waals surface area (Å²) in [5, 5.41) is 0. The van der Waals surface area contributed by atoms with Crippen LogP contribution in [0.4, 0.5) is 0 Å². The summed E-state index contributed by atoms with van der Waals surface area (Å²) >= 11 is 0. The van der Waals surface area contributed by atoms with Crippen molar-refractivity contribution in [3.8, 4) is 11.1 Å². The van der Waals surface area contributed by atoms with Gasteiger partial charge < -0.3 is 10.3 Å². The molecule has 0 unspecified atom stereocenters. The van der Waals surface area contributed by atoms with Crippen LogP contribution < -0.4 is 5.73 Å². The van der Waals surface area contributed by atoms with Crippen molar-refractivity contribution in [1.82, 2.24) is 9.55 Å². The molecule has 2 heterocycles. The van der Waals surface area contributed by atoms with Gasteiger partial charge in [-0.3, -0.25) is 9.78 Å². The van der Waals surface area contributed by atoms with Crippen LogP contribution in [0.3, 0.4) is 0 Å². The minimum absolute atomic E-state index is 0.425. The molecule has 2 N–H and O–H groups in total. The molecule has 0 bridgehead atoms. The highest BCUT2D eigenvalue weighted by molar-refractivity contribution is 5.93. The molecule has 0 atom stereocenters. The van der Waals surface area contributed by atoms with E-state index in [1.807, 2.05) is 59.3 Å². The van der Waals surface area contributed by atoms with Crippen LogP contribution in [-0.4, -0.2) is 15.5 Å². The van der Waals surface area contributed by atoms with E-state index in [0.29, 0.717) is 12.2 Å². The van der Waals surface area contributed by atoms with Gasteiger partial charge >= 0.3 is 0 Å². The van der Waals surface area contributed by atoms with Gasteiger partial charge in [0.25, 0.3) is 5.91 Å². The van der Waals surface area contributed by atoms with E-state index >= 15 is 0 Å². The predicted octanol–water partition coefficient (Wildman–Crippen LogP) is 2.70. The summed E-state index contributed by atoms with van der Waals surface area (Å²) in [6, 6.07) is 15.6. The maximum atomic E-state index is 11.6. The number of hydrogen-bond donors (Lipinski definition) is 1. The van der Waals surface area contributed by atoms with E-state index in [1.165, 1.54) is 0 Å². The van der Waals surface area contributed by atoms with Crippen molar-refractivity contribution >= 4 is 5.91 Å². The molecule has 4 nitrogen and oxygen atoms in total. The van der Waals surface area contributed by atoms with Crippen LogP contribution >= 0.6 is 0 Å². The average molecular weight is 277 g/mol. The molecule has 0 aliphatic rings. The van der Waals surface area contributed by atoms with Gasteiger partial charge in [-0.2, -0.15) is 0 Å². The highest BCUT2D eigenvalue weighted by atomic mass is 16.1. The van der Waals surface area contributed by atoms with Gasteiger partial charge in [0.05, 0.1) is 0 Å². The van der Waals surface area contributed by atoms with Crippen LogP contribution in [0, 0.1) is 0 Å². The van der Waals surface area contributed by atoms with Crippen molar-refractivity contribution in [2.75, 3.05) is 0 Å². The lowest BCUT2D eigenvalue weighted by Crippen LogP contribution is -2.16. The molecule has 1 aromatic carbocycles. The van der Waals surface area contributed by atoms with Crippen LogP contribution in [0.5, 0.6) is 0 Å². The van der Waals surface area contributed by atoms with Gasteiger partial charge in [0.2, 0.25) is 0 Å². The van der Waals surface area contributed by atoms with E-state index in [-0.39, 0.29) is 0 Å². The number of aromatic nitrogens is 2. The molecule has 104 valence electrons. The van der Waals surface area contributed by atoms with E-state index in [1.54, 1.807) is 12.4 Å². The molecule has 4 heteroatoms. The number of hydrogen-bond acceptors (Lipinski definition) is 2. The van der Waals surface area contributed by atoms with Gasteiger partial charge in [0.15, 0.2) is 0 Å². The van der Waals surface area contributed by atoms with E-state index in [0.717, 1.165) is 16.7 Å². The molecule has 0 fully saturated rings. The molecular formula is C17H15N3O. The fraction of sp³-hybridized carbons (Fsp3) is 0.0588. The zero-order chi connectivity index (χ0) is 14.7. The zero-order valence-corrected chi connectivity index (χ0v) is 11.4. The fourth-order valence-corrected chi connectivity index (χ4v) is 2.33. The molecule has 1 amide bonds. The third-order valence-electron chi connectivity index (χ3n) is 3.36. The third kappa shape index (κ3) is 2.84. The Balaban J connectivity index is 2.00. The number of nitrogens with two attached hydrogens (primary N) is 1. The summed E-state index contributed by atoms with van der Waals surface area (Å²) in [6.07, 6.45) is 5.41. The number of amides is 1. The Morgan fingerprint density at radius 2 is 1.76 bits per heavy atom. The van der Waals surface area contributed by atoms with E-state index in [2.05, 4.69) is 4.98 Å². The quantitative estimate of drug-likeness (QED) is 0.797. The number of nitrogens with zero attached hydrogens (tertiary/aromatic N) is 2. The fourth-order valence-electron chi connectivity index (χ4n) is 2.33. The van der Waals surface area contributed by atoms with Crippen molar-refractivity contribution in [2.24, 2.45) is 5.73 Å². The first-order valence-corrected chi connectivity index (χ1v) is 6.68. The number of pyridine rings is 1. The van der Waals surface area contributed by atoms with E-state index in [9.17, 15) is 4.79 Å². The number of benzene rings is 1. The van der Waals surface area contributed by atoms with Gasteiger partial charge in [0, 0.05) is 30.7 Å². The summed E-state index contributed by atoms with van der Waals surface area (Å²) in [5.41, 5.74) is 9.09. The zero-order valence-electron chi connectivity index (χ0n) is 11.4. The molecular weight excluding hydrogens is 262 g/mol. The monoisotopic (exact) mass is 277 g/mol. The molecule has 2 aromatic heterocycles. The second-order valence-electron chi connectivity index (χ2n) is 4.83. The standard InChI is InChI=1S/C17H15N3O/c18-17(21)16-10-15(14-6-8-19-9-7-14)12-20(16)11-13-4-2-1-3-5-13/h1-10,12H,11H2,(H2,18,21).